The van der Waals surface area contributed by atoms with Gasteiger partial charge in [-0.15, -0.1) is 0 Å². The Labute approximate surface area is 168 Å². The molecule has 1 aromatic heterocycles. The van der Waals surface area contributed by atoms with Crippen molar-refractivity contribution < 1.29 is 31.1 Å². The second kappa shape index (κ2) is 8.53. The first-order chi connectivity index (χ1) is 14.1. The number of alkyl halides is 6. The Hall–Kier alpha value is -2.78. The van der Waals surface area contributed by atoms with E-state index in [1.807, 2.05) is 0 Å². The van der Waals surface area contributed by atoms with Gasteiger partial charge in [-0.3, -0.25) is 4.79 Å². The lowest BCUT2D eigenvalue weighted by molar-refractivity contribution is -0.138. The second-order valence-corrected chi connectivity index (χ2v) is 7.07. The van der Waals surface area contributed by atoms with Crippen molar-refractivity contribution in [2.24, 2.45) is 5.92 Å². The van der Waals surface area contributed by atoms with Crippen molar-refractivity contribution in [1.82, 2.24) is 10.3 Å². The first-order valence-electron chi connectivity index (χ1n) is 9.26. The highest BCUT2D eigenvalue weighted by molar-refractivity contribution is 5.79. The number of pyridine rings is 1. The molecule has 1 unspecified atom stereocenters. The van der Waals surface area contributed by atoms with E-state index in [1.165, 1.54) is 29.3 Å². The number of hydrogen-bond donors (Lipinski definition) is 1. The summed E-state index contributed by atoms with van der Waals surface area (Å²) < 4.78 is 78.2. The molecule has 1 aliphatic heterocycles. The van der Waals surface area contributed by atoms with Crippen molar-refractivity contribution in [2.45, 2.75) is 31.7 Å². The zero-order valence-corrected chi connectivity index (χ0v) is 15.7. The summed E-state index contributed by atoms with van der Waals surface area (Å²) in [5.41, 5.74) is -1.39. The van der Waals surface area contributed by atoms with Crippen LogP contribution in [0.15, 0.2) is 42.6 Å². The van der Waals surface area contributed by atoms with Crippen LogP contribution in [0.2, 0.25) is 0 Å². The molecule has 1 fully saturated rings. The number of nitrogens with one attached hydrogen (secondary N) is 1. The van der Waals surface area contributed by atoms with Crippen LogP contribution in [-0.2, 0) is 23.7 Å². The molecule has 1 amide bonds. The van der Waals surface area contributed by atoms with E-state index in [2.05, 4.69) is 10.3 Å². The molecule has 1 saturated heterocycles. The summed E-state index contributed by atoms with van der Waals surface area (Å²) in [6.07, 6.45) is -6.82. The minimum atomic E-state index is -4.57. The molecule has 10 heteroatoms. The van der Waals surface area contributed by atoms with Crippen LogP contribution in [0.1, 0.15) is 29.5 Å². The first kappa shape index (κ1) is 21.9. The van der Waals surface area contributed by atoms with Crippen LogP contribution in [0.5, 0.6) is 0 Å². The molecular formula is C20H19F6N3O. The van der Waals surface area contributed by atoms with Crippen molar-refractivity contribution in [3.63, 3.8) is 0 Å². The summed E-state index contributed by atoms with van der Waals surface area (Å²) in [6, 6.07) is 6.76. The number of amides is 1. The minimum Gasteiger partial charge on any atom is -0.355 e. The summed E-state index contributed by atoms with van der Waals surface area (Å²) in [5.74, 6) is -1.23. The standard InChI is InChI=1S/C20H19F6N3O/c21-19(22,23)15-6-1-4-13(10-15)11-28-18(30)14-5-3-9-29(12-14)17-16(20(24,25)26)7-2-8-27-17/h1-2,4,6-8,10,14H,3,5,9,11-12H2,(H,28,30). The highest BCUT2D eigenvalue weighted by Crippen LogP contribution is 2.36. The number of piperidine rings is 1. The van der Waals surface area contributed by atoms with E-state index in [-0.39, 0.29) is 24.5 Å². The smallest absolute Gasteiger partial charge is 0.355 e. The number of rotatable bonds is 4. The predicted octanol–water partition coefficient (Wildman–Crippen LogP) is 4.65. The summed E-state index contributed by atoms with van der Waals surface area (Å²) in [4.78, 5) is 17.8. The van der Waals surface area contributed by atoms with Crippen molar-refractivity contribution in [1.29, 1.82) is 0 Å². The van der Waals surface area contributed by atoms with Crippen molar-refractivity contribution in [3.8, 4) is 0 Å². The SMILES string of the molecule is O=C(NCc1cccc(C(F)(F)F)c1)C1CCCN(c2ncccc2C(F)(F)F)C1. The highest BCUT2D eigenvalue weighted by Gasteiger charge is 2.37. The third kappa shape index (κ3) is 5.22. The Bertz CT molecular complexity index is 897. The molecule has 2 aromatic rings. The van der Waals surface area contributed by atoms with Crippen LogP contribution < -0.4 is 10.2 Å². The molecule has 0 aliphatic carbocycles. The lowest BCUT2D eigenvalue weighted by Crippen LogP contribution is -2.43. The fourth-order valence-electron chi connectivity index (χ4n) is 3.44. The zero-order valence-electron chi connectivity index (χ0n) is 15.7. The number of halogens is 6. The third-order valence-electron chi connectivity index (χ3n) is 4.90. The van der Waals surface area contributed by atoms with Gasteiger partial charge >= 0.3 is 12.4 Å². The van der Waals surface area contributed by atoms with Gasteiger partial charge in [0.2, 0.25) is 5.91 Å². The van der Waals surface area contributed by atoms with E-state index < -0.39 is 35.3 Å². The van der Waals surface area contributed by atoms with Gasteiger partial charge in [-0.2, -0.15) is 26.3 Å². The molecule has 162 valence electrons. The summed E-state index contributed by atoms with van der Waals surface area (Å²) in [6.45, 7) is 0.280. The van der Waals surface area contributed by atoms with Crippen LogP contribution in [0.25, 0.3) is 0 Å². The van der Waals surface area contributed by atoms with Gasteiger partial charge in [-0.25, -0.2) is 4.98 Å². The molecule has 3 rings (SSSR count). The molecule has 0 radical (unpaired) electrons. The van der Waals surface area contributed by atoms with Gasteiger partial charge in [-0.1, -0.05) is 12.1 Å². The Morgan fingerprint density at radius 3 is 2.57 bits per heavy atom. The lowest BCUT2D eigenvalue weighted by atomic mass is 9.96. The van der Waals surface area contributed by atoms with E-state index in [9.17, 15) is 31.1 Å². The number of anilines is 1. The van der Waals surface area contributed by atoms with Gasteiger partial charge in [0.15, 0.2) is 0 Å². The molecule has 1 aromatic carbocycles. The second-order valence-electron chi connectivity index (χ2n) is 7.07. The maximum Gasteiger partial charge on any atom is 0.419 e. The molecule has 2 heterocycles. The molecular weight excluding hydrogens is 412 g/mol. The van der Waals surface area contributed by atoms with Crippen molar-refractivity contribution in [2.75, 3.05) is 18.0 Å². The fourth-order valence-corrected chi connectivity index (χ4v) is 3.44. The number of carbonyl (C=O) groups is 1. The molecule has 0 saturated carbocycles. The van der Waals surface area contributed by atoms with Gasteiger partial charge in [-0.05, 0) is 42.7 Å². The Morgan fingerprint density at radius 1 is 1.10 bits per heavy atom. The zero-order chi connectivity index (χ0) is 21.9. The quantitative estimate of drug-likeness (QED) is 0.717. The van der Waals surface area contributed by atoms with E-state index >= 15 is 0 Å². The number of hydrogen-bond acceptors (Lipinski definition) is 3. The minimum absolute atomic E-state index is 0.0501. The highest BCUT2D eigenvalue weighted by atomic mass is 19.4. The Morgan fingerprint density at radius 2 is 1.87 bits per heavy atom. The number of carbonyl (C=O) groups excluding carboxylic acids is 1. The van der Waals surface area contributed by atoms with Gasteiger partial charge < -0.3 is 10.2 Å². The van der Waals surface area contributed by atoms with E-state index in [1.54, 1.807) is 0 Å². The fraction of sp³-hybridized carbons (Fsp3) is 0.400. The number of benzene rings is 1. The van der Waals surface area contributed by atoms with E-state index in [0.29, 0.717) is 19.4 Å². The number of aromatic nitrogens is 1. The summed E-state index contributed by atoms with van der Waals surface area (Å²) in [5, 5.41) is 2.59. The predicted molar refractivity (Wildman–Crippen MR) is 97.5 cm³/mol. The molecule has 0 bridgehead atoms. The normalized spacial score (nSPS) is 17.7. The molecule has 1 N–H and O–H groups in total. The topological polar surface area (TPSA) is 45.2 Å². The summed E-state index contributed by atoms with van der Waals surface area (Å²) >= 11 is 0. The average Bonchev–Trinajstić information content (AvgIpc) is 2.71. The van der Waals surface area contributed by atoms with E-state index in [0.717, 1.165) is 18.2 Å². The Balaban J connectivity index is 1.66. The van der Waals surface area contributed by atoms with Crippen LogP contribution in [-0.4, -0.2) is 24.0 Å². The van der Waals surface area contributed by atoms with Gasteiger partial charge in [0, 0.05) is 25.8 Å². The maximum atomic E-state index is 13.3. The monoisotopic (exact) mass is 431 g/mol. The lowest BCUT2D eigenvalue weighted by Gasteiger charge is -2.34. The molecule has 4 nitrogen and oxygen atoms in total. The molecule has 1 aliphatic rings. The molecule has 0 spiro atoms. The summed E-state index contributed by atoms with van der Waals surface area (Å²) in [7, 11) is 0. The first-order valence-corrected chi connectivity index (χ1v) is 9.26. The maximum absolute atomic E-state index is 13.3. The third-order valence-corrected chi connectivity index (χ3v) is 4.90. The number of nitrogens with zero attached hydrogens (tertiary/aromatic N) is 2. The Kier molecular flexibility index (Phi) is 6.23. The van der Waals surface area contributed by atoms with Crippen LogP contribution in [0.3, 0.4) is 0 Å². The van der Waals surface area contributed by atoms with Gasteiger partial charge in [0.25, 0.3) is 0 Å². The largest absolute Gasteiger partial charge is 0.419 e. The average molecular weight is 431 g/mol. The van der Waals surface area contributed by atoms with Crippen LogP contribution >= 0.6 is 0 Å². The van der Waals surface area contributed by atoms with Crippen molar-refractivity contribution >= 4 is 11.7 Å². The van der Waals surface area contributed by atoms with Gasteiger partial charge in [0.1, 0.15) is 5.82 Å². The molecule has 1 atom stereocenters. The molecule has 30 heavy (non-hydrogen) atoms. The van der Waals surface area contributed by atoms with E-state index in [4.69, 9.17) is 0 Å². The van der Waals surface area contributed by atoms with Crippen LogP contribution in [0, 0.1) is 5.92 Å². The van der Waals surface area contributed by atoms with Crippen molar-refractivity contribution in [3.05, 3.63) is 59.3 Å². The van der Waals surface area contributed by atoms with Crippen LogP contribution in [0.4, 0.5) is 32.2 Å². The van der Waals surface area contributed by atoms with Gasteiger partial charge in [0.05, 0.1) is 17.0 Å².